The molecule has 1 saturated carbocycles. The van der Waals surface area contributed by atoms with Crippen LogP contribution in [-0.4, -0.2) is 62.5 Å². The second-order valence-corrected chi connectivity index (χ2v) is 8.42. The molecule has 3 unspecified atom stereocenters. The number of carbonyl (C=O) groups is 1. The van der Waals surface area contributed by atoms with Crippen LogP contribution in [0.15, 0.2) is 23.8 Å². The van der Waals surface area contributed by atoms with Crippen LogP contribution in [0.25, 0.3) is 6.08 Å². The Labute approximate surface area is 174 Å². The van der Waals surface area contributed by atoms with Crippen LogP contribution < -0.4 is 0 Å². The molecule has 1 aliphatic heterocycles. The summed E-state index contributed by atoms with van der Waals surface area (Å²) < 4.78 is 16.5. The van der Waals surface area contributed by atoms with Crippen molar-refractivity contribution in [2.45, 2.75) is 63.7 Å². The second kappa shape index (κ2) is 9.41. The lowest BCUT2D eigenvalue weighted by Crippen LogP contribution is -2.53. The Bertz CT molecular complexity index is 757. The summed E-state index contributed by atoms with van der Waals surface area (Å²) in [5.74, 6) is -0.307. The number of hydrogen-bond donors (Lipinski definition) is 0. The average molecular weight is 400 g/mol. The molecule has 1 saturated heterocycles. The number of hydrogen-bond acceptors (Lipinski definition) is 5. The highest BCUT2D eigenvalue weighted by Gasteiger charge is 2.34. The molecule has 1 aromatic carbocycles. The van der Waals surface area contributed by atoms with Crippen molar-refractivity contribution in [3.63, 3.8) is 0 Å². The first-order chi connectivity index (χ1) is 14.2. The van der Waals surface area contributed by atoms with Gasteiger partial charge in [0.2, 0.25) is 0 Å². The number of morpholine rings is 1. The van der Waals surface area contributed by atoms with Crippen molar-refractivity contribution in [1.29, 1.82) is 0 Å². The third-order valence-electron chi connectivity index (χ3n) is 6.49. The Morgan fingerprint density at radius 1 is 1.31 bits per heavy atom. The van der Waals surface area contributed by atoms with Crippen LogP contribution in [-0.2, 0) is 31.8 Å². The first kappa shape index (κ1) is 20.6. The van der Waals surface area contributed by atoms with Gasteiger partial charge in [-0.25, -0.2) is 4.79 Å². The van der Waals surface area contributed by atoms with Crippen LogP contribution in [0.1, 0.15) is 49.3 Å². The molecule has 3 atom stereocenters. The normalized spacial score (nSPS) is 25.1. The smallest absolute Gasteiger partial charge is 0.335 e. The van der Waals surface area contributed by atoms with E-state index in [0.717, 1.165) is 31.7 Å². The molecule has 0 amide bonds. The van der Waals surface area contributed by atoms with E-state index in [9.17, 15) is 4.79 Å². The van der Waals surface area contributed by atoms with Crippen LogP contribution in [0.4, 0.5) is 0 Å². The van der Waals surface area contributed by atoms with Crippen molar-refractivity contribution in [3.8, 4) is 0 Å². The molecule has 0 N–H and O–H groups in total. The molecule has 5 heteroatoms. The van der Waals surface area contributed by atoms with Crippen LogP contribution in [0.2, 0.25) is 0 Å². The molecule has 158 valence electrons. The third-order valence-corrected chi connectivity index (χ3v) is 6.49. The maximum Gasteiger partial charge on any atom is 0.335 e. The van der Waals surface area contributed by atoms with Gasteiger partial charge in [-0.1, -0.05) is 42.7 Å². The quantitative estimate of drug-likeness (QED) is 0.658. The van der Waals surface area contributed by atoms with Gasteiger partial charge in [-0.2, -0.15) is 0 Å². The fourth-order valence-electron chi connectivity index (χ4n) is 5.07. The van der Waals surface area contributed by atoms with E-state index >= 15 is 0 Å². The molecular formula is C24H33NO4. The maximum atomic E-state index is 12.0. The summed E-state index contributed by atoms with van der Waals surface area (Å²) in [5, 5.41) is 0. The van der Waals surface area contributed by atoms with Crippen LogP contribution in [0, 0.1) is 0 Å². The predicted molar refractivity (Wildman–Crippen MR) is 113 cm³/mol. The molecule has 5 nitrogen and oxygen atoms in total. The minimum Gasteiger partial charge on any atom is -0.467 e. The van der Waals surface area contributed by atoms with Gasteiger partial charge in [-0.3, -0.25) is 4.90 Å². The van der Waals surface area contributed by atoms with Crippen molar-refractivity contribution >= 4 is 12.0 Å². The number of carbonyl (C=O) groups excluding carboxylic acids is 1. The largest absolute Gasteiger partial charge is 0.467 e. The Morgan fingerprint density at radius 2 is 2.17 bits per heavy atom. The second-order valence-electron chi connectivity index (χ2n) is 8.42. The molecule has 3 aliphatic rings. The van der Waals surface area contributed by atoms with Crippen molar-refractivity contribution in [2.24, 2.45) is 0 Å². The Kier molecular flexibility index (Phi) is 6.68. The molecule has 2 aliphatic carbocycles. The van der Waals surface area contributed by atoms with Crippen molar-refractivity contribution in [1.82, 2.24) is 4.90 Å². The molecule has 0 aromatic heterocycles. The van der Waals surface area contributed by atoms with E-state index in [1.165, 1.54) is 49.5 Å². The van der Waals surface area contributed by atoms with Gasteiger partial charge in [-0.15, -0.1) is 0 Å². The summed E-state index contributed by atoms with van der Waals surface area (Å²) in [4.78, 5) is 14.6. The number of benzene rings is 1. The first-order valence-corrected chi connectivity index (χ1v) is 11.0. The molecule has 0 radical (unpaired) electrons. The fourth-order valence-corrected chi connectivity index (χ4v) is 5.07. The molecular weight excluding hydrogens is 366 g/mol. The highest BCUT2D eigenvalue weighted by molar-refractivity contribution is 5.75. The van der Waals surface area contributed by atoms with Crippen molar-refractivity contribution in [3.05, 3.63) is 40.5 Å². The van der Waals surface area contributed by atoms with Gasteiger partial charge in [0, 0.05) is 32.2 Å². The minimum absolute atomic E-state index is 0.307. The maximum absolute atomic E-state index is 12.0. The lowest BCUT2D eigenvalue weighted by atomic mass is 9.90. The Hall–Kier alpha value is -1.69. The summed E-state index contributed by atoms with van der Waals surface area (Å²) in [6.07, 6.45) is 8.92. The zero-order chi connectivity index (χ0) is 20.2. The number of nitrogens with zero attached hydrogens (tertiary/aromatic N) is 1. The molecule has 2 fully saturated rings. The van der Waals surface area contributed by atoms with E-state index < -0.39 is 6.10 Å². The monoisotopic (exact) mass is 399 g/mol. The Morgan fingerprint density at radius 3 is 3.00 bits per heavy atom. The van der Waals surface area contributed by atoms with E-state index in [1.807, 2.05) is 6.92 Å². The van der Waals surface area contributed by atoms with Gasteiger partial charge in [0.05, 0.1) is 19.8 Å². The number of ether oxygens (including phenoxy) is 3. The lowest BCUT2D eigenvalue weighted by Gasteiger charge is -2.44. The standard InChI is InChI=1S/C24H33NO4/c1-3-28-23(24(26)27-2)15-17-8-9-19-13-18(14-20(19)12-17)16-25-10-11-29-22-7-5-4-6-21(22)25/h8-9,12,14,21-23H,3-7,10-11,13,15-16H2,1-2H3. The van der Waals surface area contributed by atoms with Crippen molar-refractivity contribution in [2.75, 3.05) is 33.4 Å². The number of methoxy groups -OCH3 is 1. The molecule has 0 bridgehead atoms. The topological polar surface area (TPSA) is 48.0 Å². The molecule has 4 rings (SSSR count). The predicted octanol–water partition coefficient (Wildman–Crippen LogP) is 3.39. The summed E-state index contributed by atoms with van der Waals surface area (Å²) in [5.41, 5.74) is 5.26. The third kappa shape index (κ3) is 4.73. The van der Waals surface area contributed by atoms with E-state index in [-0.39, 0.29) is 5.97 Å². The average Bonchev–Trinajstić information content (AvgIpc) is 3.14. The van der Waals surface area contributed by atoms with E-state index in [4.69, 9.17) is 14.2 Å². The van der Waals surface area contributed by atoms with Crippen LogP contribution >= 0.6 is 0 Å². The summed E-state index contributed by atoms with van der Waals surface area (Å²) >= 11 is 0. The van der Waals surface area contributed by atoms with Gasteiger partial charge in [0.1, 0.15) is 0 Å². The molecule has 1 aromatic rings. The van der Waals surface area contributed by atoms with Crippen molar-refractivity contribution < 1.29 is 19.0 Å². The van der Waals surface area contributed by atoms with Gasteiger partial charge >= 0.3 is 5.97 Å². The van der Waals surface area contributed by atoms with Gasteiger partial charge in [0.15, 0.2) is 6.10 Å². The van der Waals surface area contributed by atoms with Crippen LogP contribution in [0.3, 0.4) is 0 Å². The molecule has 0 spiro atoms. The zero-order valence-electron chi connectivity index (χ0n) is 17.7. The number of rotatable bonds is 7. The van der Waals surface area contributed by atoms with Crippen LogP contribution in [0.5, 0.6) is 0 Å². The first-order valence-electron chi connectivity index (χ1n) is 11.0. The lowest BCUT2D eigenvalue weighted by molar-refractivity contribution is -0.153. The van der Waals surface area contributed by atoms with Gasteiger partial charge in [0.25, 0.3) is 0 Å². The zero-order valence-corrected chi connectivity index (χ0v) is 17.7. The molecule has 1 heterocycles. The van der Waals surface area contributed by atoms with Gasteiger partial charge in [-0.05, 0) is 42.9 Å². The summed E-state index contributed by atoms with van der Waals surface area (Å²) in [6.45, 7) is 5.33. The highest BCUT2D eigenvalue weighted by Crippen LogP contribution is 2.32. The highest BCUT2D eigenvalue weighted by atomic mass is 16.6. The fraction of sp³-hybridized carbons (Fsp3) is 0.625. The minimum atomic E-state index is -0.538. The Balaban J connectivity index is 1.42. The summed E-state index contributed by atoms with van der Waals surface area (Å²) in [6, 6.07) is 7.12. The molecule has 29 heavy (non-hydrogen) atoms. The van der Waals surface area contributed by atoms with E-state index in [2.05, 4.69) is 29.2 Å². The van der Waals surface area contributed by atoms with Gasteiger partial charge < -0.3 is 14.2 Å². The summed E-state index contributed by atoms with van der Waals surface area (Å²) in [7, 11) is 1.41. The van der Waals surface area contributed by atoms with E-state index in [1.54, 1.807) is 0 Å². The van der Waals surface area contributed by atoms with E-state index in [0.29, 0.717) is 25.2 Å². The SMILES string of the molecule is CCOC(Cc1ccc2c(c1)C=C(CN1CCOC3CCCCC31)C2)C(=O)OC. The number of fused-ring (bicyclic) bond motifs is 2. The number of esters is 1.